The zero-order valence-corrected chi connectivity index (χ0v) is 7.94. The lowest BCUT2D eigenvalue weighted by molar-refractivity contribution is -0.0655. The zero-order chi connectivity index (χ0) is 7.52. The molecular weight excluding hydrogens is 178 g/mol. The van der Waals surface area contributed by atoms with E-state index in [2.05, 4.69) is 5.32 Å². The van der Waals surface area contributed by atoms with E-state index in [-0.39, 0.29) is 12.4 Å². The van der Waals surface area contributed by atoms with Gasteiger partial charge in [-0.05, 0) is 12.8 Å². The molecule has 72 valence electrons. The average molecular weight is 194 g/mol. The fraction of sp³-hybridized carbons (Fsp3) is 1.00. The summed E-state index contributed by atoms with van der Waals surface area (Å²) in [7, 11) is 0. The van der Waals surface area contributed by atoms with Crippen LogP contribution >= 0.6 is 12.4 Å². The fourth-order valence-electron chi connectivity index (χ4n) is 1.64. The largest absolute Gasteiger partial charge is 0.374 e. The van der Waals surface area contributed by atoms with E-state index < -0.39 is 0 Å². The average Bonchev–Trinajstić information content (AvgIpc) is 2.35. The summed E-state index contributed by atoms with van der Waals surface area (Å²) in [5.74, 6) is 0. The first-order chi connectivity index (χ1) is 5.47. The highest BCUT2D eigenvalue weighted by atomic mass is 35.5. The van der Waals surface area contributed by atoms with E-state index in [1.807, 2.05) is 0 Å². The summed E-state index contributed by atoms with van der Waals surface area (Å²) in [4.78, 5) is 0. The van der Waals surface area contributed by atoms with Gasteiger partial charge in [0.15, 0.2) is 0 Å². The molecule has 0 saturated carbocycles. The van der Waals surface area contributed by atoms with E-state index in [0.717, 1.165) is 39.1 Å². The summed E-state index contributed by atoms with van der Waals surface area (Å²) in [5, 5.41) is 3.27. The Kier molecular flexibility index (Phi) is 4.29. The van der Waals surface area contributed by atoms with E-state index in [4.69, 9.17) is 9.47 Å². The Bertz CT molecular complexity index is 120. The van der Waals surface area contributed by atoms with Gasteiger partial charge in [-0.2, -0.15) is 0 Å². The first-order valence-electron chi connectivity index (χ1n) is 4.41. The highest BCUT2D eigenvalue weighted by Crippen LogP contribution is 2.13. The van der Waals surface area contributed by atoms with Crippen molar-refractivity contribution in [3.8, 4) is 0 Å². The van der Waals surface area contributed by atoms with Crippen LogP contribution < -0.4 is 5.32 Å². The van der Waals surface area contributed by atoms with E-state index in [1.165, 1.54) is 0 Å². The van der Waals surface area contributed by atoms with Crippen molar-refractivity contribution >= 4 is 12.4 Å². The number of hydrogen-bond acceptors (Lipinski definition) is 3. The Hall–Kier alpha value is 0.170. The number of ether oxygens (including phenoxy) is 2. The summed E-state index contributed by atoms with van der Waals surface area (Å²) in [6, 6.07) is 0. The van der Waals surface area contributed by atoms with Crippen LogP contribution in [-0.2, 0) is 9.47 Å². The van der Waals surface area contributed by atoms with Gasteiger partial charge in [0, 0.05) is 26.3 Å². The van der Waals surface area contributed by atoms with Crippen LogP contribution in [-0.4, -0.2) is 38.5 Å². The van der Waals surface area contributed by atoms with E-state index in [0.29, 0.717) is 12.2 Å². The highest BCUT2D eigenvalue weighted by Gasteiger charge is 2.28. The predicted molar refractivity (Wildman–Crippen MR) is 48.8 cm³/mol. The molecule has 3 nitrogen and oxygen atoms in total. The van der Waals surface area contributed by atoms with Crippen molar-refractivity contribution in [1.29, 1.82) is 0 Å². The van der Waals surface area contributed by atoms with Crippen LogP contribution in [0, 0.1) is 0 Å². The first kappa shape index (κ1) is 10.3. The lowest BCUT2D eigenvalue weighted by Crippen LogP contribution is -2.32. The van der Waals surface area contributed by atoms with Gasteiger partial charge < -0.3 is 14.8 Å². The van der Waals surface area contributed by atoms with Gasteiger partial charge in [0.2, 0.25) is 0 Å². The molecule has 2 fully saturated rings. The second-order valence-corrected chi connectivity index (χ2v) is 3.18. The molecule has 2 aliphatic heterocycles. The molecule has 2 aliphatic rings. The molecule has 0 radical (unpaired) electrons. The predicted octanol–water partition coefficient (Wildman–Crippen LogP) is 0.576. The smallest absolute Gasteiger partial charge is 0.0973 e. The molecule has 2 saturated heterocycles. The van der Waals surface area contributed by atoms with Crippen LogP contribution in [0.15, 0.2) is 0 Å². The van der Waals surface area contributed by atoms with Crippen molar-refractivity contribution < 1.29 is 9.47 Å². The molecule has 0 bridgehead atoms. The monoisotopic (exact) mass is 193 g/mol. The van der Waals surface area contributed by atoms with Gasteiger partial charge in [-0.1, -0.05) is 0 Å². The van der Waals surface area contributed by atoms with Crippen molar-refractivity contribution in [3.05, 3.63) is 0 Å². The molecule has 2 atom stereocenters. The minimum atomic E-state index is 0. The van der Waals surface area contributed by atoms with Gasteiger partial charge in [-0.25, -0.2) is 0 Å². The molecule has 0 aromatic heterocycles. The molecule has 1 N–H and O–H groups in total. The summed E-state index contributed by atoms with van der Waals surface area (Å²) < 4.78 is 11.2. The maximum absolute atomic E-state index is 5.62. The van der Waals surface area contributed by atoms with Crippen LogP contribution in [0.25, 0.3) is 0 Å². The molecule has 2 heterocycles. The molecule has 4 heteroatoms. The van der Waals surface area contributed by atoms with Crippen LogP contribution in [0.2, 0.25) is 0 Å². The summed E-state index contributed by atoms with van der Waals surface area (Å²) in [6.07, 6.45) is 2.91. The minimum absolute atomic E-state index is 0. The van der Waals surface area contributed by atoms with Crippen LogP contribution in [0.5, 0.6) is 0 Å². The number of nitrogens with one attached hydrogen (secondary N) is 1. The molecule has 0 aliphatic carbocycles. The second kappa shape index (κ2) is 5.02. The maximum atomic E-state index is 5.62. The van der Waals surface area contributed by atoms with Gasteiger partial charge in [0.25, 0.3) is 0 Å². The second-order valence-electron chi connectivity index (χ2n) is 3.18. The Morgan fingerprint density at radius 1 is 0.917 bits per heavy atom. The molecule has 0 unspecified atom stereocenters. The number of fused-ring (bicyclic) bond motifs is 1. The Morgan fingerprint density at radius 2 is 1.42 bits per heavy atom. The number of rotatable bonds is 0. The summed E-state index contributed by atoms with van der Waals surface area (Å²) in [5.41, 5.74) is 0. The van der Waals surface area contributed by atoms with Crippen molar-refractivity contribution in [2.24, 2.45) is 0 Å². The van der Waals surface area contributed by atoms with E-state index in [1.54, 1.807) is 0 Å². The third-order valence-electron chi connectivity index (χ3n) is 2.31. The molecule has 0 amide bonds. The SMILES string of the molecule is C1CCO[C@@H]2CNC[C@@H]2OC1.Cl. The van der Waals surface area contributed by atoms with Gasteiger partial charge in [0.1, 0.15) is 0 Å². The van der Waals surface area contributed by atoms with Crippen molar-refractivity contribution in [1.82, 2.24) is 5.32 Å². The van der Waals surface area contributed by atoms with Gasteiger partial charge in [-0.15, -0.1) is 12.4 Å². The molecule has 2 rings (SSSR count). The molecule has 0 aromatic carbocycles. The number of halogens is 1. The zero-order valence-electron chi connectivity index (χ0n) is 7.12. The Labute approximate surface area is 79.2 Å². The van der Waals surface area contributed by atoms with Crippen LogP contribution in [0.3, 0.4) is 0 Å². The van der Waals surface area contributed by atoms with Crippen molar-refractivity contribution in [2.45, 2.75) is 25.0 Å². The quantitative estimate of drug-likeness (QED) is 0.611. The normalized spacial score (nSPS) is 36.0. The summed E-state index contributed by atoms with van der Waals surface area (Å²) >= 11 is 0. The van der Waals surface area contributed by atoms with E-state index >= 15 is 0 Å². The van der Waals surface area contributed by atoms with Crippen molar-refractivity contribution in [2.75, 3.05) is 26.3 Å². The van der Waals surface area contributed by atoms with Gasteiger partial charge in [0.05, 0.1) is 12.2 Å². The molecular formula is C8H16ClNO2. The third kappa shape index (κ3) is 2.33. The topological polar surface area (TPSA) is 30.5 Å². The summed E-state index contributed by atoms with van der Waals surface area (Å²) in [6.45, 7) is 3.74. The Balaban J connectivity index is 0.000000720. The maximum Gasteiger partial charge on any atom is 0.0973 e. The van der Waals surface area contributed by atoms with Crippen molar-refractivity contribution in [3.63, 3.8) is 0 Å². The lowest BCUT2D eigenvalue weighted by Gasteiger charge is -2.22. The number of hydrogen-bond donors (Lipinski definition) is 1. The fourth-order valence-corrected chi connectivity index (χ4v) is 1.64. The van der Waals surface area contributed by atoms with Crippen LogP contribution in [0.1, 0.15) is 12.8 Å². The molecule has 0 spiro atoms. The van der Waals surface area contributed by atoms with Gasteiger partial charge in [-0.3, -0.25) is 0 Å². The van der Waals surface area contributed by atoms with Crippen LogP contribution in [0.4, 0.5) is 0 Å². The molecule has 0 aromatic rings. The Morgan fingerprint density at radius 3 is 1.92 bits per heavy atom. The first-order valence-corrected chi connectivity index (χ1v) is 4.41. The molecule has 12 heavy (non-hydrogen) atoms. The third-order valence-corrected chi connectivity index (χ3v) is 2.31. The standard InChI is InChI=1S/C8H15NO2.ClH/c1-2-4-11-8-6-9-5-7(8)10-3-1;/h7-9H,1-6H2;1H/t7-,8+;. The lowest BCUT2D eigenvalue weighted by atomic mass is 10.2. The van der Waals surface area contributed by atoms with Gasteiger partial charge >= 0.3 is 0 Å². The highest BCUT2D eigenvalue weighted by molar-refractivity contribution is 5.85. The minimum Gasteiger partial charge on any atom is -0.374 e. The van der Waals surface area contributed by atoms with E-state index in [9.17, 15) is 0 Å².